The lowest BCUT2D eigenvalue weighted by atomic mass is 10.0. The first-order chi connectivity index (χ1) is 12.9. The van der Waals surface area contributed by atoms with E-state index in [0.717, 1.165) is 29.5 Å². The lowest BCUT2D eigenvalue weighted by Gasteiger charge is -2.10. The number of thiazole rings is 1. The highest BCUT2D eigenvalue weighted by Crippen LogP contribution is 2.25. The molecule has 1 atom stereocenters. The van der Waals surface area contributed by atoms with Gasteiger partial charge in [-0.25, -0.2) is 4.98 Å². The molecule has 0 aliphatic rings. The molecule has 0 radical (unpaired) electrons. The molecule has 0 aliphatic carbocycles. The van der Waals surface area contributed by atoms with Gasteiger partial charge in [-0.2, -0.15) is 0 Å². The van der Waals surface area contributed by atoms with Crippen molar-refractivity contribution >= 4 is 38.6 Å². The number of carbonyl (C=O) groups is 2. The Balaban J connectivity index is 1.62. The topological polar surface area (TPSA) is 68.3 Å². The van der Waals surface area contributed by atoms with Gasteiger partial charge >= 0.3 is 5.97 Å². The molecule has 2 rings (SSSR count). The van der Waals surface area contributed by atoms with Crippen molar-refractivity contribution in [3.63, 3.8) is 0 Å². The predicted octanol–water partition coefficient (Wildman–Crippen LogP) is 5.33. The Hall–Kier alpha value is -2.21. The van der Waals surface area contributed by atoms with E-state index >= 15 is 0 Å². The summed E-state index contributed by atoms with van der Waals surface area (Å²) in [6.07, 6.45) is 5.41. The molecule has 146 valence electrons. The number of allylic oxidation sites excluding steroid dienone is 2. The molecule has 0 saturated heterocycles. The number of hydrogen-bond acceptors (Lipinski definition) is 5. The first-order valence-corrected chi connectivity index (χ1v) is 10.2. The van der Waals surface area contributed by atoms with E-state index in [9.17, 15) is 9.59 Å². The smallest absolute Gasteiger partial charge is 0.306 e. The van der Waals surface area contributed by atoms with Crippen LogP contribution in [0, 0.1) is 5.92 Å². The number of rotatable bonds is 10. The van der Waals surface area contributed by atoms with Crippen molar-refractivity contribution in [2.24, 2.45) is 5.92 Å². The largest absolute Gasteiger partial charge is 0.466 e. The molecule has 1 aromatic heterocycles. The van der Waals surface area contributed by atoms with E-state index in [1.165, 1.54) is 16.9 Å². The molecule has 5 nitrogen and oxygen atoms in total. The van der Waals surface area contributed by atoms with Crippen molar-refractivity contribution in [1.82, 2.24) is 4.98 Å². The summed E-state index contributed by atoms with van der Waals surface area (Å²) in [4.78, 5) is 28.1. The predicted molar refractivity (Wildman–Crippen MR) is 111 cm³/mol. The first kappa shape index (κ1) is 21.1. The number of hydrogen-bond donors (Lipinski definition) is 1. The summed E-state index contributed by atoms with van der Waals surface area (Å²) in [5.41, 5.74) is 2.19. The summed E-state index contributed by atoms with van der Waals surface area (Å²) in [5, 5.41) is 3.30. The highest BCUT2D eigenvalue weighted by molar-refractivity contribution is 7.22. The third kappa shape index (κ3) is 7.91. The maximum Gasteiger partial charge on any atom is 0.306 e. The number of ether oxygens (including phenoxy) is 1. The number of para-hydroxylation sites is 1. The number of esters is 1. The van der Waals surface area contributed by atoms with Gasteiger partial charge in [-0.3, -0.25) is 9.59 Å². The van der Waals surface area contributed by atoms with Crippen molar-refractivity contribution in [3.05, 3.63) is 35.9 Å². The minimum Gasteiger partial charge on any atom is -0.466 e. The fourth-order valence-electron chi connectivity index (χ4n) is 2.57. The number of carbonyl (C=O) groups excluding carboxylic acids is 2. The van der Waals surface area contributed by atoms with E-state index in [-0.39, 0.29) is 24.7 Å². The van der Waals surface area contributed by atoms with Crippen LogP contribution < -0.4 is 5.32 Å². The van der Waals surface area contributed by atoms with Crippen LogP contribution in [0.5, 0.6) is 0 Å². The van der Waals surface area contributed by atoms with E-state index in [1.54, 1.807) is 0 Å². The highest BCUT2D eigenvalue weighted by Gasteiger charge is 2.11. The van der Waals surface area contributed by atoms with Crippen LogP contribution in [-0.2, 0) is 14.3 Å². The van der Waals surface area contributed by atoms with Crippen LogP contribution in [0.4, 0.5) is 5.13 Å². The number of benzene rings is 1. The third-order valence-corrected chi connectivity index (χ3v) is 5.13. The average Bonchev–Trinajstić information content (AvgIpc) is 3.01. The Morgan fingerprint density at radius 1 is 1.22 bits per heavy atom. The van der Waals surface area contributed by atoms with Crippen molar-refractivity contribution in [1.29, 1.82) is 0 Å². The average molecular weight is 389 g/mol. The van der Waals surface area contributed by atoms with Crippen molar-refractivity contribution in [2.75, 3.05) is 11.9 Å². The van der Waals surface area contributed by atoms with Crippen LogP contribution in [0.15, 0.2) is 35.9 Å². The second kappa shape index (κ2) is 10.8. The molecule has 0 saturated carbocycles. The monoisotopic (exact) mass is 388 g/mol. The number of anilines is 1. The van der Waals surface area contributed by atoms with Gasteiger partial charge in [0.1, 0.15) is 0 Å². The highest BCUT2D eigenvalue weighted by atomic mass is 32.1. The number of fused-ring (bicyclic) bond motifs is 1. The number of aromatic nitrogens is 1. The van der Waals surface area contributed by atoms with Crippen LogP contribution in [0.2, 0.25) is 0 Å². The van der Waals surface area contributed by atoms with Crippen LogP contribution in [0.3, 0.4) is 0 Å². The molecule has 0 bridgehead atoms. The molecule has 1 unspecified atom stereocenters. The molecule has 0 aliphatic heterocycles. The molecular weight excluding hydrogens is 360 g/mol. The molecule has 0 fully saturated rings. The fourth-order valence-corrected chi connectivity index (χ4v) is 3.45. The number of nitrogens with one attached hydrogen (secondary N) is 1. The van der Waals surface area contributed by atoms with Crippen LogP contribution in [-0.4, -0.2) is 23.5 Å². The Morgan fingerprint density at radius 3 is 2.74 bits per heavy atom. The third-order valence-electron chi connectivity index (χ3n) is 4.18. The lowest BCUT2D eigenvalue weighted by Crippen LogP contribution is -2.15. The van der Waals surface area contributed by atoms with E-state index in [0.29, 0.717) is 17.7 Å². The summed E-state index contributed by atoms with van der Waals surface area (Å²) in [7, 11) is 0. The van der Waals surface area contributed by atoms with E-state index in [2.05, 4.69) is 37.1 Å². The van der Waals surface area contributed by atoms with Crippen LogP contribution in [0.1, 0.15) is 52.9 Å². The van der Waals surface area contributed by atoms with Gasteiger partial charge in [0.25, 0.3) is 0 Å². The van der Waals surface area contributed by atoms with Gasteiger partial charge < -0.3 is 10.1 Å². The van der Waals surface area contributed by atoms with Crippen LogP contribution >= 0.6 is 11.3 Å². The van der Waals surface area contributed by atoms with Gasteiger partial charge in [-0.15, -0.1) is 0 Å². The fraction of sp³-hybridized carbons (Fsp3) is 0.476. The molecule has 1 heterocycles. The van der Waals surface area contributed by atoms with Crippen LogP contribution in [0.25, 0.3) is 10.2 Å². The zero-order valence-corrected chi connectivity index (χ0v) is 17.1. The SMILES string of the molecule is CC(C)=CCCC(C)CCOC(=O)CCC(=O)Nc1nc2ccccc2s1. The van der Waals surface area contributed by atoms with Gasteiger partial charge in [0.05, 0.1) is 23.2 Å². The van der Waals surface area contributed by atoms with Crippen molar-refractivity contribution in [3.8, 4) is 0 Å². The van der Waals surface area contributed by atoms with Crippen molar-refractivity contribution in [2.45, 2.75) is 52.9 Å². The molecule has 1 N–H and O–H groups in total. The summed E-state index contributed by atoms with van der Waals surface area (Å²) < 4.78 is 6.26. The summed E-state index contributed by atoms with van der Waals surface area (Å²) in [6, 6.07) is 7.71. The van der Waals surface area contributed by atoms with Gasteiger partial charge in [0, 0.05) is 6.42 Å². The second-order valence-corrected chi connectivity index (χ2v) is 8.04. The molecular formula is C21H28N2O3S. The Morgan fingerprint density at radius 2 is 2.00 bits per heavy atom. The van der Waals surface area contributed by atoms with Gasteiger partial charge in [-0.05, 0) is 51.2 Å². The van der Waals surface area contributed by atoms with Crippen molar-refractivity contribution < 1.29 is 14.3 Å². The van der Waals surface area contributed by atoms with Gasteiger partial charge in [-0.1, -0.05) is 42.0 Å². The quantitative estimate of drug-likeness (QED) is 0.441. The Labute approximate surface area is 164 Å². The zero-order chi connectivity index (χ0) is 19.6. The molecule has 2 aromatic rings. The molecule has 0 spiro atoms. The minimum absolute atomic E-state index is 0.0862. The molecule has 1 aromatic carbocycles. The minimum atomic E-state index is -0.328. The van der Waals surface area contributed by atoms with E-state index in [1.807, 2.05) is 24.3 Å². The lowest BCUT2D eigenvalue weighted by molar-refractivity contribution is -0.145. The van der Waals surface area contributed by atoms with Gasteiger partial charge in [0.2, 0.25) is 5.91 Å². The molecule has 1 amide bonds. The van der Waals surface area contributed by atoms with E-state index in [4.69, 9.17) is 4.74 Å². The molecule has 6 heteroatoms. The standard InChI is InChI=1S/C21H28N2O3S/c1-15(2)7-6-8-16(3)13-14-26-20(25)12-11-19(24)23-21-22-17-9-4-5-10-18(17)27-21/h4-5,7,9-10,16H,6,8,11-14H2,1-3H3,(H,22,23,24). The summed E-state index contributed by atoms with van der Waals surface area (Å²) in [6.45, 7) is 6.77. The number of amides is 1. The summed E-state index contributed by atoms with van der Waals surface area (Å²) in [5.74, 6) is -0.0391. The Bertz CT molecular complexity index is 761. The maximum atomic E-state index is 12.0. The Kier molecular flexibility index (Phi) is 8.45. The molecule has 27 heavy (non-hydrogen) atoms. The zero-order valence-electron chi connectivity index (χ0n) is 16.3. The second-order valence-electron chi connectivity index (χ2n) is 7.01. The van der Waals surface area contributed by atoms with Gasteiger partial charge in [0.15, 0.2) is 5.13 Å². The first-order valence-electron chi connectivity index (χ1n) is 9.38. The number of nitrogens with zero attached hydrogens (tertiary/aromatic N) is 1. The maximum absolute atomic E-state index is 12.0. The van der Waals surface area contributed by atoms with E-state index < -0.39 is 0 Å². The normalized spacial score (nSPS) is 11.8. The summed E-state index contributed by atoms with van der Waals surface area (Å²) >= 11 is 1.42.